The second-order valence-corrected chi connectivity index (χ2v) is 6.63. The van der Waals surface area contributed by atoms with E-state index in [9.17, 15) is 18.4 Å². The van der Waals surface area contributed by atoms with Crippen molar-refractivity contribution in [1.29, 1.82) is 0 Å². The van der Waals surface area contributed by atoms with E-state index in [0.717, 1.165) is 12.1 Å². The van der Waals surface area contributed by atoms with Crippen LogP contribution in [0.15, 0.2) is 42.5 Å². The van der Waals surface area contributed by atoms with E-state index in [-0.39, 0.29) is 29.4 Å². The molecule has 1 aliphatic heterocycles. The fourth-order valence-corrected chi connectivity index (χ4v) is 3.17. The smallest absolute Gasteiger partial charge is 0.256 e. The van der Waals surface area contributed by atoms with Gasteiger partial charge in [-0.15, -0.1) is 0 Å². The highest BCUT2D eigenvalue weighted by Gasteiger charge is 2.28. The molecule has 5 nitrogen and oxygen atoms in total. The van der Waals surface area contributed by atoms with Crippen LogP contribution < -0.4 is 5.32 Å². The van der Waals surface area contributed by atoms with E-state index in [4.69, 9.17) is 4.74 Å². The van der Waals surface area contributed by atoms with Crippen LogP contribution in [-0.2, 0) is 4.74 Å². The Balaban J connectivity index is 1.83. The molecule has 2 atom stereocenters. The van der Waals surface area contributed by atoms with Gasteiger partial charge in [0.2, 0.25) is 0 Å². The van der Waals surface area contributed by atoms with Crippen LogP contribution >= 0.6 is 0 Å². The van der Waals surface area contributed by atoms with Gasteiger partial charge in [0.25, 0.3) is 11.8 Å². The highest BCUT2D eigenvalue weighted by Crippen LogP contribution is 2.21. The lowest BCUT2D eigenvalue weighted by Gasteiger charge is -2.35. The van der Waals surface area contributed by atoms with Crippen molar-refractivity contribution in [3.63, 3.8) is 0 Å². The van der Waals surface area contributed by atoms with Crippen LogP contribution in [0.3, 0.4) is 0 Å². The van der Waals surface area contributed by atoms with Crippen molar-refractivity contribution >= 4 is 17.5 Å². The molecule has 2 aromatic rings. The zero-order valence-corrected chi connectivity index (χ0v) is 15.0. The first-order valence-electron chi connectivity index (χ1n) is 8.64. The molecule has 0 saturated carbocycles. The summed E-state index contributed by atoms with van der Waals surface area (Å²) in [7, 11) is 0. The number of halogens is 2. The lowest BCUT2D eigenvalue weighted by atomic mass is 10.1. The largest absolute Gasteiger partial charge is 0.372 e. The van der Waals surface area contributed by atoms with Gasteiger partial charge in [0.15, 0.2) is 0 Å². The Hall–Kier alpha value is -2.80. The minimum Gasteiger partial charge on any atom is -0.372 e. The molecule has 1 fully saturated rings. The molecule has 1 heterocycles. The van der Waals surface area contributed by atoms with E-state index in [1.54, 1.807) is 29.2 Å². The van der Waals surface area contributed by atoms with Crippen molar-refractivity contribution in [3.8, 4) is 0 Å². The molecule has 0 bridgehead atoms. The molecule has 1 aliphatic rings. The molecule has 1 N–H and O–H groups in total. The highest BCUT2D eigenvalue weighted by molar-refractivity contribution is 6.09. The summed E-state index contributed by atoms with van der Waals surface area (Å²) in [5.74, 6) is -2.63. The molecule has 0 unspecified atom stereocenters. The molecular weight excluding hydrogens is 354 g/mol. The van der Waals surface area contributed by atoms with E-state index in [2.05, 4.69) is 5.32 Å². The lowest BCUT2D eigenvalue weighted by Crippen LogP contribution is -2.48. The predicted molar refractivity (Wildman–Crippen MR) is 96.7 cm³/mol. The number of hydrogen-bond acceptors (Lipinski definition) is 3. The van der Waals surface area contributed by atoms with Crippen molar-refractivity contribution < 1.29 is 23.1 Å². The van der Waals surface area contributed by atoms with Gasteiger partial charge in [-0.3, -0.25) is 9.59 Å². The number of rotatable bonds is 3. The van der Waals surface area contributed by atoms with Gasteiger partial charge in [-0.05, 0) is 38.1 Å². The molecule has 3 rings (SSSR count). The molecule has 1 saturated heterocycles. The Morgan fingerprint density at radius 2 is 1.63 bits per heavy atom. The minimum atomic E-state index is -0.846. The van der Waals surface area contributed by atoms with Crippen molar-refractivity contribution in [3.05, 3.63) is 65.2 Å². The Labute approximate surface area is 155 Å². The lowest BCUT2D eigenvalue weighted by molar-refractivity contribution is -0.0585. The molecular formula is C20H20F2N2O3. The molecule has 0 spiro atoms. The first kappa shape index (κ1) is 19.0. The standard InChI is InChI=1S/C20H20F2N2O3/c1-12-10-24(11-13(2)27-12)20(26)17-5-3-4-6-18(17)23-19(25)14-7-15(21)9-16(22)8-14/h3-9,12-13H,10-11H2,1-2H3,(H,23,25)/t12-,13+. The number of nitrogens with zero attached hydrogens (tertiary/aromatic N) is 1. The maximum absolute atomic E-state index is 13.4. The summed E-state index contributed by atoms with van der Waals surface area (Å²) < 4.78 is 32.4. The van der Waals surface area contributed by atoms with E-state index in [0.29, 0.717) is 24.7 Å². The molecule has 0 aliphatic carbocycles. The van der Waals surface area contributed by atoms with Gasteiger partial charge < -0.3 is 15.0 Å². The summed E-state index contributed by atoms with van der Waals surface area (Å²) in [4.78, 5) is 27.0. The molecule has 0 radical (unpaired) electrons. The van der Waals surface area contributed by atoms with Crippen LogP contribution in [0.1, 0.15) is 34.6 Å². The number of morpholine rings is 1. The topological polar surface area (TPSA) is 58.6 Å². The highest BCUT2D eigenvalue weighted by atomic mass is 19.1. The van der Waals surface area contributed by atoms with E-state index < -0.39 is 17.5 Å². The fraction of sp³-hybridized carbons (Fsp3) is 0.300. The summed E-state index contributed by atoms with van der Waals surface area (Å²) in [5.41, 5.74) is 0.427. The molecule has 0 aromatic heterocycles. The van der Waals surface area contributed by atoms with Gasteiger partial charge in [-0.25, -0.2) is 8.78 Å². The van der Waals surface area contributed by atoms with Gasteiger partial charge in [-0.2, -0.15) is 0 Å². The SMILES string of the molecule is C[C@@H]1CN(C(=O)c2ccccc2NC(=O)c2cc(F)cc(F)c2)C[C@H](C)O1. The van der Waals surface area contributed by atoms with Crippen molar-refractivity contribution in [2.75, 3.05) is 18.4 Å². The number of para-hydroxylation sites is 1. The summed E-state index contributed by atoms with van der Waals surface area (Å²) in [6.07, 6.45) is -0.176. The van der Waals surface area contributed by atoms with Gasteiger partial charge >= 0.3 is 0 Å². The second-order valence-electron chi connectivity index (χ2n) is 6.63. The number of amides is 2. The Kier molecular flexibility index (Phi) is 5.51. The van der Waals surface area contributed by atoms with Gasteiger partial charge in [0, 0.05) is 24.7 Å². The average molecular weight is 374 g/mol. The number of carbonyl (C=O) groups is 2. The minimum absolute atomic E-state index is 0.0882. The van der Waals surface area contributed by atoms with Crippen LogP contribution in [-0.4, -0.2) is 42.0 Å². The molecule has 7 heteroatoms. The fourth-order valence-electron chi connectivity index (χ4n) is 3.17. The molecule has 142 valence electrons. The predicted octanol–water partition coefficient (Wildman–Crippen LogP) is 3.47. The Bertz CT molecular complexity index is 842. The Morgan fingerprint density at radius 3 is 2.26 bits per heavy atom. The van der Waals surface area contributed by atoms with Crippen molar-refractivity contribution in [2.45, 2.75) is 26.1 Å². The summed E-state index contributed by atoms with van der Waals surface area (Å²) in [6, 6.07) is 9.11. The quantitative estimate of drug-likeness (QED) is 0.895. The zero-order valence-electron chi connectivity index (χ0n) is 15.0. The third-order valence-corrected chi connectivity index (χ3v) is 4.24. The van der Waals surface area contributed by atoms with E-state index in [1.165, 1.54) is 0 Å². The maximum atomic E-state index is 13.4. The number of nitrogens with one attached hydrogen (secondary N) is 1. The number of carbonyl (C=O) groups excluding carboxylic acids is 2. The van der Waals surface area contributed by atoms with E-state index in [1.807, 2.05) is 13.8 Å². The molecule has 27 heavy (non-hydrogen) atoms. The summed E-state index contributed by atoms with van der Waals surface area (Å²) >= 11 is 0. The van der Waals surface area contributed by atoms with Crippen LogP contribution in [0.5, 0.6) is 0 Å². The van der Waals surface area contributed by atoms with Crippen molar-refractivity contribution in [1.82, 2.24) is 4.90 Å². The average Bonchev–Trinajstić information content (AvgIpc) is 2.60. The number of benzene rings is 2. The third-order valence-electron chi connectivity index (χ3n) is 4.24. The number of ether oxygens (including phenoxy) is 1. The van der Waals surface area contributed by atoms with Gasteiger partial charge in [0.05, 0.1) is 23.5 Å². The van der Waals surface area contributed by atoms with Crippen LogP contribution in [0.2, 0.25) is 0 Å². The summed E-state index contributed by atoms with van der Waals surface area (Å²) in [5, 5.41) is 2.57. The van der Waals surface area contributed by atoms with Crippen molar-refractivity contribution in [2.24, 2.45) is 0 Å². The summed E-state index contributed by atoms with van der Waals surface area (Å²) in [6.45, 7) is 4.67. The molecule has 2 aromatic carbocycles. The van der Waals surface area contributed by atoms with Crippen LogP contribution in [0.25, 0.3) is 0 Å². The second kappa shape index (κ2) is 7.84. The monoisotopic (exact) mass is 374 g/mol. The van der Waals surface area contributed by atoms with E-state index >= 15 is 0 Å². The normalized spacial score (nSPS) is 19.6. The van der Waals surface area contributed by atoms with Gasteiger partial charge in [0.1, 0.15) is 11.6 Å². The van der Waals surface area contributed by atoms with Crippen LogP contribution in [0.4, 0.5) is 14.5 Å². The first-order chi connectivity index (χ1) is 12.8. The maximum Gasteiger partial charge on any atom is 0.256 e. The van der Waals surface area contributed by atoms with Crippen LogP contribution in [0, 0.1) is 11.6 Å². The zero-order chi connectivity index (χ0) is 19.6. The third kappa shape index (κ3) is 4.49. The van der Waals surface area contributed by atoms with Gasteiger partial charge in [-0.1, -0.05) is 12.1 Å². The Morgan fingerprint density at radius 1 is 1.04 bits per heavy atom. The first-order valence-corrected chi connectivity index (χ1v) is 8.64. The number of anilines is 1. The molecule has 2 amide bonds. The number of hydrogen-bond donors (Lipinski definition) is 1.